The summed E-state index contributed by atoms with van der Waals surface area (Å²) < 4.78 is 0. The summed E-state index contributed by atoms with van der Waals surface area (Å²) in [5, 5.41) is 0. The number of amides is 2. The fourth-order valence-corrected chi connectivity index (χ4v) is 4.59. The monoisotopic (exact) mass is 360 g/mol. The Morgan fingerprint density at radius 2 is 2.00 bits per heavy atom. The molecule has 3 rings (SSSR count). The summed E-state index contributed by atoms with van der Waals surface area (Å²) in [5.41, 5.74) is 1.02. The van der Waals surface area contributed by atoms with E-state index in [2.05, 4.69) is 29.2 Å². The molecule has 4 nitrogen and oxygen atoms in total. The van der Waals surface area contributed by atoms with Gasteiger partial charge in [-0.3, -0.25) is 9.59 Å². The molecule has 2 saturated heterocycles. The van der Waals surface area contributed by atoms with Crippen LogP contribution < -0.4 is 0 Å². The van der Waals surface area contributed by atoms with Gasteiger partial charge in [-0.05, 0) is 43.9 Å². The first-order chi connectivity index (χ1) is 12.1. The van der Waals surface area contributed by atoms with Gasteiger partial charge in [0.25, 0.3) is 0 Å². The first-order valence-corrected chi connectivity index (χ1v) is 10.6. The second-order valence-electron chi connectivity index (χ2n) is 7.26. The molecule has 2 fully saturated rings. The highest BCUT2D eigenvalue weighted by molar-refractivity contribution is 7.99. The number of hydrogen-bond donors (Lipinski definition) is 0. The van der Waals surface area contributed by atoms with E-state index in [0.29, 0.717) is 12.3 Å². The van der Waals surface area contributed by atoms with Crippen LogP contribution in [0.4, 0.5) is 0 Å². The summed E-state index contributed by atoms with van der Waals surface area (Å²) >= 11 is 1.56. The highest BCUT2D eigenvalue weighted by atomic mass is 32.2. The molecule has 2 heterocycles. The van der Waals surface area contributed by atoms with Crippen LogP contribution >= 0.6 is 11.8 Å². The Bertz CT molecular complexity index is 607. The molecule has 136 valence electrons. The summed E-state index contributed by atoms with van der Waals surface area (Å²) in [6.07, 6.45) is 6.79. The second kappa shape index (κ2) is 8.26. The normalized spacial score (nSPS) is 23.5. The molecule has 1 atom stereocenters. The van der Waals surface area contributed by atoms with Crippen molar-refractivity contribution in [3.63, 3.8) is 0 Å². The van der Waals surface area contributed by atoms with Crippen molar-refractivity contribution in [2.75, 3.05) is 38.2 Å². The maximum absolute atomic E-state index is 13.1. The van der Waals surface area contributed by atoms with Crippen molar-refractivity contribution in [1.82, 2.24) is 9.80 Å². The molecule has 25 heavy (non-hydrogen) atoms. The van der Waals surface area contributed by atoms with Gasteiger partial charge in [0, 0.05) is 26.2 Å². The quantitative estimate of drug-likeness (QED) is 0.783. The van der Waals surface area contributed by atoms with Crippen LogP contribution in [0.2, 0.25) is 0 Å². The fraction of sp³-hybridized carbons (Fsp3) is 0.600. The predicted octanol–water partition coefficient (Wildman–Crippen LogP) is 2.82. The number of rotatable bonds is 6. The molecular formula is C20H28N2O2S. The van der Waals surface area contributed by atoms with Gasteiger partial charge in [0.05, 0.1) is 11.2 Å². The standard InChI is InChI=1S/C20H28N2O2S/c1-25-15-18(23)22-14-11-20(16-22)10-6-13-21(19(20)24)12-5-9-17-7-3-2-4-8-17/h2-4,7-8H,5-6,9-16H2,1H3. The summed E-state index contributed by atoms with van der Waals surface area (Å²) in [6.45, 7) is 3.06. The molecule has 0 radical (unpaired) electrons. The number of carbonyl (C=O) groups excluding carboxylic acids is 2. The maximum Gasteiger partial charge on any atom is 0.232 e. The van der Waals surface area contributed by atoms with Gasteiger partial charge in [-0.2, -0.15) is 11.8 Å². The number of aryl methyl sites for hydroxylation is 1. The lowest BCUT2D eigenvalue weighted by molar-refractivity contribution is -0.146. The molecule has 2 amide bonds. The minimum Gasteiger partial charge on any atom is -0.342 e. The summed E-state index contributed by atoms with van der Waals surface area (Å²) in [6, 6.07) is 10.5. The first kappa shape index (κ1) is 18.3. The molecule has 1 aromatic carbocycles. The van der Waals surface area contributed by atoms with Crippen molar-refractivity contribution >= 4 is 23.6 Å². The molecule has 0 saturated carbocycles. The zero-order chi connectivity index (χ0) is 17.7. The summed E-state index contributed by atoms with van der Waals surface area (Å²) in [4.78, 5) is 29.2. The van der Waals surface area contributed by atoms with Gasteiger partial charge < -0.3 is 9.80 Å². The first-order valence-electron chi connectivity index (χ1n) is 9.25. The lowest BCUT2D eigenvalue weighted by atomic mass is 9.78. The lowest BCUT2D eigenvalue weighted by Gasteiger charge is -2.39. The Kier molecular flexibility index (Phi) is 6.05. The van der Waals surface area contributed by atoms with Crippen LogP contribution in [-0.4, -0.2) is 59.8 Å². The number of likely N-dealkylation sites (tertiary alicyclic amines) is 2. The Morgan fingerprint density at radius 1 is 1.20 bits per heavy atom. The Balaban J connectivity index is 1.55. The number of carbonyl (C=O) groups is 2. The van der Waals surface area contributed by atoms with Crippen molar-refractivity contribution in [2.45, 2.75) is 32.1 Å². The van der Waals surface area contributed by atoms with E-state index in [9.17, 15) is 9.59 Å². The van der Waals surface area contributed by atoms with Crippen molar-refractivity contribution in [3.05, 3.63) is 35.9 Å². The molecule has 0 bridgehead atoms. The maximum atomic E-state index is 13.1. The van der Waals surface area contributed by atoms with Gasteiger partial charge >= 0.3 is 0 Å². The van der Waals surface area contributed by atoms with E-state index in [1.807, 2.05) is 17.2 Å². The van der Waals surface area contributed by atoms with Crippen LogP contribution in [0.15, 0.2) is 30.3 Å². The number of piperidine rings is 1. The van der Waals surface area contributed by atoms with Crippen LogP contribution in [0.25, 0.3) is 0 Å². The zero-order valence-corrected chi connectivity index (χ0v) is 15.9. The van der Waals surface area contributed by atoms with E-state index >= 15 is 0 Å². The van der Waals surface area contributed by atoms with Crippen LogP contribution in [-0.2, 0) is 16.0 Å². The average molecular weight is 361 g/mol. The van der Waals surface area contributed by atoms with Crippen molar-refractivity contribution in [1.29, 1.82) is 0 Å². The van der Waals surface area contributed by atoms with Crippen LogP contribution in [0.5, 0.6) is 0 Å². The van der Waals surface area contributed by atoms with Crippen molar-refractivity contribution in [2.24, 2.45) is 5.41 Å². The van der Waals surface area contributed by atoms with E-state index in [-0.39, 0.29) is 17.2 Å². The number of nitrogens with zero attached hydrogens (tertiary/aromatic N) is 2. The van der Waals surface area contributed by atoms with E-state index < -0.39 is 0 Å². The van der Waals surface area contributed by atoms with Gasteiger partial charge in [0.2, 0.25) is 11.8 Å². The number of hydrogen-bond acceptors (Lipinski definition) is 3. The minimum atomic E-state index is -0.306. The topological polar surface area (TPSA) is 40.6 Å². The molecule has 1 spiro atoms. The minimum absolute atomic E-state index is 0.179. The molecule has 5 heteroatoms. The van der Waals surface area contributed by atoms with E-state index in [1.54, 1.807) is 11.8 Å². The molecule has 1 aromatic rings. The molecule has 0 N–H and O–H groups in total. The Hall–Kier alpha value is -1.49. The highest BCUT2D eigenvalue weighted by Crippen LogP contribution is 2.40. The Labute approximate surface area is 154 Å². The van der Waals surface area contributed by atoms with Crippen molar-refractivity contribution in [3.8, 4) is 0 Å². The van der Waals surface area contributed by atoms with Crippen LogP contribution in [0.3, 0.4) is 0 Å². The lowest BCUT2D eigenvalue weighted by Crippen LogP contribution is -2.50. The SMILES string of the molecule is CSCC(=O)N1CCC2(CCCN(CCCc3ccccc3)C2=O)C1. The summed E-state index contributed by atoms with van der Waals surface area (Å²) in [7, 11) is 0. The van der Waals surface area contributed by atoms with Gasteiger partial charge in [-0.1, -0.05) is 30.3 Å². The third-order valence-corrected chi connectivity index (χ3v) is 6.07. The van der Waals surface area contributed by atoms with E-state index in [1.165, 1.54) is 5.56 Å². The zero-order valence-electron chi connectivity index (χ0n) is 15.1. The molecule has 2 aliphatic rings. The molecule has 0 aromatic heterocycles. The van der Waals surface area contributed by atoms with Crippen LogP contribution in [0.1, 0.15) is 31.2 Å². The smallest absolute Gasteiger partial charge is 0.232 e. The Morgan fingerprint density at radius 3 is 2.76 bits per heavy atom. The number of thioether (sulfide) groups is 1. The van der Waals surface area contributed by atoms with E-state index in [4.69, 9.17) is 0 Å². The second-order valence-corrected chi connectivity index (χ2v) is 8.13. The largest absolute Gasteiger partial charge is 0.342 e. The third kappa shape index (κ3) is 4.20. The number of benzene rings is 1. The molecule has 2 aliphatic heterocycles. The molecule has 0 aliphatic carbocycles. The average Bonchev–Trinajstić information content (AvgIpc) is 3.05. The molecular weight excluding hydrogens is 332 g/mol. The third-order valence-electron chi connectivity index (χ3n) is 5.53. The van der Waals surface area contributed by atoms with Gasteiger partial charge in [-0.15, -0.1) is 0 Å². The fourth-order valence-electron chi connectivity index (χ4n) is 4.16. The van der Waals surface area contributed by atoms with Crippen LogP contribution in [0, 0.1) is 5.41 Å². The van der Waals surface area contributed by atoms with Gasteiger partial charge in [0.15, 0.2) is 0 Å². The van der Waals surface area contributed by atoms with Gasteiger partial charge in [-0.25, -0.2) is 0 Å². The molecule has 1 unspecified atom stereocenters. The summed E-state index contributed by atoms with van der Waals surface area (Å²) in [5.74, 6) is 0.982. The van der Waals surface area contributed by atoms with E-state index in [0.717, 1.165) is 51.7 Å². The highest BCUT2D eigenvalue weighted by Gasteiger charge is 2.49. The predicted molar refractivity (Wildman–Crippen MR) is 103 cm³/mol. The van der Waals surface area contributed by atoms with Crippen molar-refractivity contribution < 1.29 is 9.59 Å². The van der Waals surface area contributed by atoms with Gasteiger partial charge in [0.1, 0.15) is 0 Å².